The highest BCUT2D eigenvalue weighted by molar-refractivity contribution is 5.96. The second-order valence-electron chi connectivity index (χ2n) is 5.80. The second-order valence-corrected chi connectivity index (χ2v) is 5.80. The Morgan fingerprint density at radius 1 is 1.22 bits per heavy atom. The van der Waals surface area contributed by atoms with Crippen LogP contribution in [0.25, 0.3) is 0 Å². The molecule has 0 aliphatic carbocycles. The molecule has 8 heteroatoms. The van der Waals surface area contributed by atoms with Crippen molar-refractivity contribution in [2.45, 2.75) is 19.3 Å². The van der Waals surface area contributed by atoms with Gasteiger partial charge in [-0.15, -0.1) is 10.2 Å². The minimum absolute atomic E-state index is 0.244. The number of para-hydroxylation sites is 2. The number of aromatic nitrogens is 4. The van der Waals surface area contributed by atoms with Gasteiger partial charge in [-0.25, -0.2) is 0 Å². The van der Waals surface area contributed by atoms with Crippen molar-refractivity contribution in [3.63, 3.8) is 0 Å². The molecule has 0 aliphatic heterocycles. The number of ether oxygens (including phenoxy) is 2. The Labute approximate surface area is 156 Å². The number of nitrogens with zero attached hydrogens (tertiary/aromatic N) is 3. The molecule has 1 atom stereocenters. The van der Waals surface area contributed by atoms with E-state index in [2.05, 4.69) is 25.9 Å². The molecule has 1 aromatic heterocycles. The molecule has 0 unspecified atom stereocenters. The molecule has 0 saturated carbocycles. The Balaban J connectivity index is 1.84. The lowest BCUT2D eigenvalue weighted by atomic mass is 9.97. The number of hydrogen-bond donors (Lipinski definition) is 2. The minimum atomic E-state index is -0.620. The number of tetrazole rings is 1. The van der Waals surface area contributed by atoms with Gasteiger partial charge in [0.1, 0.15) is 17.4 Å². The standard InChI is InChI=1S/C19H21N5O3/c1-3-27-17-10-5-4-9-16(17)20-19(25)15(18-21-23-24-22-18)12-13-7-6-8-14(11-13)26-2/h4-11,15H,3,12H2,1-2H3,(H,20,25)(H,21,22,23,24)/t15-/m1/s1. The van der Waals surface area contributed by atoms with Gasteiger partial charge in [0.05, 0.1) is 19.4 Å². The molecule has 3 rings (SSSR count). The van der Waals surface area contributed by atoms with Crippen LogP contribution in [0.5, 0.6) is 11.5 Å². The fourth-order valence-electron chi connectivity index (χ4n) is 2.72. The highest BCUT2D eigenvalue weighted by atomic mass is 16.5. The molecule has 8 nitrogen and oxygen atoms in total. The molecule has 0 bridgehead atoms. The number of nitrogens with one attached hydrogen (secondary N) is 2. The van der Waals surface area contributed by atoms with Crippen molar-refractivity contribution in [3.05, 3.63) is 59.9 Å². The number of aromatic amines is 1. The molecular formula is C19H21N5O3. The number of methoxy groups -OCH3 is 1. The predicted octanol–water partition coefficient (Wildman–Crippen LogP) is 2.57. The van der Waals surface area contributed by atoms with Crippen molar-refractivity contribution < 1.29 is 14.3 Å². The first-order valence-electron chi connectivity index (χ1n) is 8.60. The quantitative estimate of drug-likeness (QED) is 0.634. The van der Waals surface area contributed by atoms with E-state index in [1.54, 1.807) is 13.2 Å². The molecule has 1 amide bonds. The third-order valence-electron chi connectivity index (χ3n) is 4.01. The van der Waals surface area contributed by atoms with Crippen LogP contribution >= 0.6 is 0 Å². The fourth-order valence-corrected chi connectivity index (χ4v) is 2.72. The number of rotatable bonds is 8. The van der Waals surface area contributed by atoms with Crippen molar-refractivity contribution in [2.75, 3.05) is 19.0 Å². The van der Waals surface area contributed by atoms with E-state index < -0.39 is 5.92 Å². The molecule has 27 heavy (non-hydrogen) atoms. The van der Waals surface area contributed by atoms with Gasteiger partial charge in [-0.05, 0) is 43.2 Å². The van der Waals surface area contributed by atoms with Crippen molar-refractivity contribution >= 4 is 11.6 Å². The molecule has 2 N–H and O–H groups in total. The van der Waals surface area contributed by atoms with Crippen molar-refractivity contribution in [1.29, 1.82) is 0 Å². The lowest BCUT2D eigenvalue weighted by Gasteiger charge is -2.16. The van der Waals surface area contributed by atoms with Gasteiger partial charge in [0, 0.05) is 0 Å². The van der Waals surface area contributed by atoms with Crippen LogP contribution in [0.3, 0.4) is 0 Å². The summed E-state index contributed by atoms with van der Waals surface area (Å²) >= 11 is 0. The summed E-state index contributed by atoms with van der Waals surface area (Å²) < 4.78 is 10.8. The van der Waals surface area contributed by atoms with Crippen LogP contribution in [-0.4, -0.2) is 40.2 Å². The Morgan fingerprint density at radius 2 is 2.07 bits per heavy atom. The van der Waals surface area contributed by atoms with Crippen molar-refractivity contribution in [3.8, 4) is 11.5 Å². The molecule has 140 valence electrons. The molecule has 2 aromatic carbocycles. The Morgan fingerprint density at radius 3 is 2.81 bits per heavy atom. The van der Waals surface area contributed by atoms with Crippen molar-refractivity contribution in [1.82, 2.24) is 20.6 Å². The predicted molar refractivity (Wildman–Crippen MR) is 99.9 cm³/mol. The van der Waals surface area contributed by atoms with Gasteiger partial charge in [0.25, 0.3) is 0 Å². The summed E-state index contributed by atoms with van der Waals surface area (Å²) in [5, 5.41) is 16.9. The zero-order valence-electron chi connectivity index (χ0n) is 15.2. The maximum Gasteiger partial charge on any atom is 0.235 e. The van der Waals surface area contributed by atoms with Crippen molar-refractivity contribution in [2.24, 2.45) is 0 Å². The number of anilines is 1. The second kappa shape index (κ2) is 8.79. The van der Waals surface area contributed by atoms with Crippen LogP contribution in [0.15, 0.2) is 48.5 Å². The average molecular weight is 367 g/mol. The monoisotopic (exact) mass is 367 g/mol. The Bertz CT molecular complexity index is 883. The first-order chi connectivity index (χ1) is 13.2. The van der Waals surface area contributed by atoms with Crippen LogP contribution in [0.1, 0.15) is 24.2 Å². The summed E-state index contributed by atoms with van der Waals surface area (Å²) in [6, 6.07) is 14.8. The van der Waals surface area contributed by atoms with Crippen LogP contribution in [0.2, 0.25) is 0 Å². The highest BCUT2D eigenvalue weighted by Gasteiger charge is 2.26. The number of hydrogen-bond acceptors (Lipinski definition) is 6. The van der Waals surface area contributed by atoms with Crippen LogP contribution < -0.4 is 14.8 Å². The SMILES string of the molecule is CCOc1ccccc1NC(=O)[C@H](Cc1cccc(OC)c1)c1nn[nH]n1. The molecule has 0 aliphatic rings. The number of H-pyrrole nitrogens is 1. The largest absolute Gasteiger partial charge is 0.497 e. The van der Waals surface area contributed by atoms with E-state index in [1.165, 1.54) is 0 Å². The number of carbonyl (C=O) groups is 1. The molecular weight excluding hydrogens is 346 g/mol. The maximum atomic E-state index is 13.0. The zero-order chi connectivity index (χ0) is 19.1. The minimum Gasteiger partial charge on any atom is -0.497 e. The average Bonchev–Trinajstić information content (AvgIpc) is 3.22. The van der Waals surface area contributed by atoms with Crippen LogP contribution in [0.4, 0.5) is 5.69 Å². The summed E-state index contributed by atoms with van der Waals surface area (Å²) in [7, 11) is 1.60. The van der Waals surface area contributed by atoms with E-state index in [0.29, 0.717) is 30.3 Å². The molecule has 1 heterocycles. The van der Waals surface area contributed by atoms with Crippen LogP contribution in [0, 0.1) is 0 Å². The van der Waals surface area contributed by atoms with Gasteiger partial charge >= 0.3 is 0 Å². The van der Waals surface area contributed by atoms with Gasteiger partial charge in [-0.1, -0.05) is 29.5 Å². The molecule has 0 spiro atoms. The van der Waals surface area contributed by atoms with Crippen LogP contribution in [-0.2, 0) is 11.2 Å². The van der Waals surface area contributed by atoms with E-state index in [-0.39, 0.29) is 5.91 Å². The Hall–Kier alpha value is -3.42. The van der Waals surface area contributed by atoms with E-state index in [0.717, 1.165) is 11.3 Å². The van der Waals surface area contributed by atoms with Gasteiger partial charge in [0.15, 0.2) is 5.82 Å². The topological polar surface area (TPSA) is 102 Å². The van der Waals surface area contributed by atoms with Gasteiger partial charge in [-0.3, -0.25) is 4.79 Å². The molecule has 3 aromatic rings. The summed E-state index contributed by atoms with van der Waals surface area (Å²) in [6.07, 6.45) is 0.402. The number of amides is 1. The molecule has 0 radical (unpaired) electrons. The fraction of sp³-hybridized carbons (Fsp3) is 0.263. The number of carbonyl (C=O) groups excluding carboxylic acids is 1. The Kier molecular flexibility index (Phi) is 5.98. The number of benzene rings is 2. The third kappa shape index (κ3) is 4.60. The van der Waals surface area contributed by atoms with E-state index in [9.17, 15) is 4.79 Å². The van der Waals surface area contributed by atoms with Gasteiger partial charge < -0.3 is 14.8 Å². The van der Waals surface area contributed by atoms with E-state index in [4.69, 9.17) is 9.47 Å². The first kappa shape index (κ1) is 18.4. The summed E-state index contributed by atoms with van der Waals surface area (Å²) in [4.78, 5) is 13.0. The summed E-state index contributed by atoms with van der Waals surface area (Å²) in [5.74, 6) is 0.796. The van der Waals surface area contributed by atoms with E-state index in [1.807, 2.05) is 49.4 Å². The first-order valence-corrected chi connectivity index (χ1v) is 8.60. The van der Waals surface area contributed by atoms with E-state index >= 15 is 0 Å². The summed E-state index contributed by atoms with van der Waals surface area (Å²) in [6.45, 7) is 2.40. The van der Waals surface area contributed by atoms with Gasteiger partial charge in [0.2, 0.25) is 5.91 Å². The molecule has 0 fully saturated rings. The lowest BCUT2D eigenvalue weighted by Crippen LogP contribution is -2.24. The molecule has 0 saturated heterocycles. The lowest BCUT2D eigenvalue weighted by molar-refractivity contribution is -0.117. The highest BCUT2D eigenvalue weighted by Crippen LogP contribution is 2.27. The maximum absolute atomic E-state index is 13.0. The normalized spacial score (nSPS) is 11.6. The third-order valence-corrected chi connectivity index (χ3v) is 4.01. The zero-order valence-corrected chi connectivity index (χ0v) is 15.2. The summed E-state index contributed by atoms with van der Waals surface area (Å²) in [5.41, 5.74) is 1.53. The van der Waals surface area contributed by atoms with Gasteiger partial charge in [-0.2, -0.15) is 5.21 Å². The smallest absolute Gasteiger partial charge is 0.235 e.